The summed E-state index contributed by atoms with van der Waals surface area (Å²) in [6.07, 6.45) is 0.452. The maximum atomic E-state index is 12.0. The summed E-state index contributed by atoms with van der Waals surface area (Å²) in [6, 6.07) is 5.31. The largest absolute Gasteiger partial charge is 0.514 e. The zero-order valence-corrected chi connectivity index (χ0v) is 12.8. The minimum atomic E-state index is -0.780. The molecule has 2 aliphatic heterocycles. The van der Waals surface area contributed by atoms with Crippen LogP contribution in [-0.2, 0) is 14.2 Å². The van der Waals surface area contributed by atoms with Crippen LogP contribution in [0.5, 0.6) is 5.75 Å². The van der Waals surface area contributed by atoms with Gasteiger partial charge in [0.1, 0.15) is 11.9 Å². The third-order valence-electron chi connectivity index (χ3n) is 5.07. The van der Waals surface area contributed by atoms with Crippen LogP contribution in [0.4, 0.5) is 10.5 Å². The van der Waals surface area contributed by atoms with Crippen molar-refractivity contribution < 1.29 is 28.7 Å². The second kappa shape index (κ2) is 6.03. The lowest BCUT2D eigenvalue weighted by Crippen LogP contribution is -2.37. The molecule has 2 heterocycles. The SMILES string of the molecule is O=C(Oc1ccc([N+](=O)[O-])cc1)O[C@@H]1C[C@@H]2CO[C@@H]3OCC[C@H]1[C@H]23. The number of benzene rings is 1. The first-order valence-electron chi connectivity index (χ1n) is 7.98. The maximum Gasteiger partial charge on any atom is 0.514 e. The van der Waals surface area contributed by atoms with Gasteiger partial charge in [-0.05, 0) is 30.9 Å². The van der Waals surface area contributed by atoms with Gasteiger partial charge in [0, 0.05) is 24.0 Å². The molecule has 0 N–H and O–H groups in total. The Hall–Kier alpha value is -2.19. The normalized spacial score (nSPS) is 33.8. The molecular formula is C16H17NO7. The first-order chi connectivity index (χ1) is 11.6. The van der Waals surface area contributed by atoms with E-state index in [9.17, 15) is 14.9 Å². The van der Waals surface area contributed by atoms with Gasteiger partial charge in [0.2, 0.25) is 0 Å². The third-order valence-corrected chi connectivity index (χ3v) is 5.07. The van der Waals surface area contributed by atoms with Crippen molar-refractivity contribution in [3.8, 4) is 5.75 Å². The van der Waals surface area contributed by atoms with Crippen molar-refractivity contribution >= 4 is 11.8 Å². The number of hydrogen-bond donors (Lipinski definition) is 0. The predicted molar refractivity (Wildman–Crippen MR) is 79.4 cm³/mol. The standard InChI is InChI=1S/C16H17NO7/c18-16(23-11-3-1-10(2-4-11)17(19)20)24-13-7-9-8-22-15-14(9)12(13)5-6-21-15/h1-4,9,12-15H,5-8H2/t9-,12-,13-,14+,15+/m1/s1. The second-order valence-electron chi connectivity index (χ2n) is 6.36. The number of non-ortho nitro benzene ring substituents is 1. The average Bonchev–Trinajstić information content (AvgIpc) is 3.13. The van der Waals surface area contributed by atoms with Crippen molar-refractivity contribution in [2.75, 3.05) is 13.2 Å². The van der Waals surface area contributed by atoms with Crippen LogP contribution in [0.2, 0.25) is 0 Å². The van der Waals surface area contributed by atoms with Crippen LogP contribution in [0.25, 0.3) is 0 Å². The molecule has 8 nitrogen and oxygen atoms in total. The van der Waals surface area contributed by atoms with Gasteiger partial charge in [0.15, 0.2) is 6.29 Å². The van der Waals surface area contributed by atoms with E-state index in [1.54, 1.807) is 0 Å². The topological polar surface area (TPSA) is 97.1 Å². The molecule has 0 unspecified atom stereocenters. The minimum absolute atomic E-state index is 0.0624. The van der Waals surface area contributed by atoms with Gasteiger partial charge in [-0.15, -0.1) is 0 Å². The molecule has 24 heavy (non-hydrogen) atoms. The first-order valence-corrected chi connectivity index (χ1v) is 7.98. The number of nitro groups is 1. The van der Waals surface area contributed by atoms with Gasteiger partial charge in [-0.1, -0.05) is 0 Å². The van der Waals surface area contributed by atoms with Crippen LogP contribution in [-0.4, -0.2) is 36.7 Å². The second-order valence-corrected chi connectivity index (χ2v) is 6.36. The van der Waals surface area contributed by atoms with Crippen LogP contribution in [0.3, 0.4) is 0 Å². The van der Waals surface area contributed by atoms with E-state index in [1.165, 1.54) is 24.3 Å². The highest BCUT2D eigenvalue weighted by Gasteiger charge is 2.55. The Morgan fingerprint density at radius 3 is 2.79 bits per heavy atom. The van der Waals surface area contributed by atoms with E-state index >= 15 is 0 Å². The van der Waals surface area contributed by atoms with Gasteiger partial charge in [-0.25, -0.2) is 4.79 Å². The number of carbonyl (C=O) groups excluding carboxylic acids is 1. The summed E-state index contributed by atoms with van der Waals surface area (Å²) in [5, 5.41) is 10.6. The van der Waals surface area contributed by atoms with E-state index in [-0.39, 0.29) is 35.7 Å². The van der Waals surface area contributed by atoms with E-state index < -0.39 is 11.1 Å². The van der Waals surface area contributed by atoms with Crippen molar-refractivity contribution in [3.63, 3.8) is 0 Å². The molecule has 1 saturated carbocycles. The zero-order valence-electron chi connectivity index (χ0n) is 12.8. The molecule has 0 bridgehead atoms. The number of hydrogen-bond acceptors (Lipinski definition) is 7. The molecular weight excluding hydrogens is 318 g/mol. The van der Waals surface area contributed by atoms with E-state index in [4.69, 9.17) is 18.9 Å². The molecule has 2 saturated heterocycles. The molecule has 5 atom stereocenters. The Balaban J connectivity index is 1.37. The van der Waals surface area contributed by atoms with E-state index in [0.717, 1.165) is 12.8 Å². The summed E-state index contributed by atoms with van der Waals surface area (Å²) in [4.78, 5) is 22.1. The molecule has 8 heteroatoms. The Labute approximate surface area is 137 Å². The fraction of sp³-hybridized carbons (Fsp3) is 0.562. The molecule has 3 aliphatic rings. The van der Waals surface area contributed by atoms with Crippen molar-refractivity contribution in [1.82, 2.24) is 0 Å². The molecule has 0 radical (unpaired) electrons. The summed E-state index contributed by atoms with van der Waals surface area (Å²) in [5.74, 6) is 1.10. The highest BCUT2D eigenvalue weighted by molar-refractivity contribution is 5.64. The van der Waals surface area contributed by atoms with Gasteiger partial charge < -0.3 is 18.9 Å². The van der Waals surface area contributed by atoms with Gasteiger partial charge in [0.25, 0.3) is 5.69 Å². The highest BCUT2D eigenvalue weighted by Crippen LogP contribution is 2.50. The summed E-state index contributed by atoms with van der Waals surface area (Å²) in [6.45, 7) is 1.25. The molecule has 0 amide bonds. The Morgan fingerprint density at radius 2 is 2.04 bits per heavy atom. The van der Waals surface area contributed by atoms with E-state index in [1.807, 2.05) is 0 Å². The van der Waals surface area contributed by atoms with Gasteiger partial charge in [0.05, 0.1) is 18.1 Å². The molecule has 0 aromatic heterocycles. The highest BCUT2D eigenvalue weighted by atomic mass is 16.7. The minimum Gasteiger partial charge on any atom is -0.430 e. The van der Waals surface area contributed by atoms with Crippen molar-refractivity contribution in [3.05, 3.63) is 34.4 Å². The molecule has 1 aromatic rings. The van der Waals surface area contributed by atoms with Crippen LogP contribution in [0.1, 0.15) is 12.8 Å². The number of nitro benzene ring substituents is 1. The summed E-state index contributed by atoms with van der Waals surface area (Å²) < 4.78 is 21.9. The molecule has 0 spiro atoms. The fourth-order valence-electron chi connectivity index (χ4n) is 4.03. The Kier molecular flexibility index (Phi) is 3.85. The van der Waals surface area contributed by atoms with Crippen molar-refractivity contribution in [2.45, 2.75) is 25.2 Å². The number of carbonyl (C=O) groups is 1. The molecule has 3 fully saturated rings. The lowest BCUT2D eigenvalue weighted by atomic mass is 9.87. The quantitative estimate of drug-likeness (QED) is 0.362. The molecule has 1 aliphatic carbocycles. The zero-order chi connectivity index (χ0) is 16.7. The van der Waals surface area contributed by atoms with Crippen LogP contribution >= 0.6 is 0 Å². The molecule has 1 aromatic carbocycles. The molecule has 128 valence electrons. The monoisotopic (exact) mass is 335 g/mol. The fourth-order valence-corrected chi connectivity index (χ4v) is 4.03. The van der Waals surface area contributed by atoms with Gasteiger partial charge in [-0.2, -0.15) is 0 Å². The lowest BCUT2D eigenvalue weighted by Gasteiger charge is -2.32. The van der Waals surface area contributed by atoms with Crippen LogP contribution in [0.15, 0.2) is 24.3 Å². The van der Waals surface area contributed by atoms with E-state index in [2.05, 4.69) is 0 Å². The Bertz CT molecular complexity index is 644. The Morgan fingerprint density at radius 1 is 1.25 bits per heavy atom. The van der Waals surface area contributed by atoms with Crippen LogP contribution in [0, 0.1) is 27.9 Å². The van der Waals surface area contributed by atoms with Gasteiger partial charge in [-0.3, -0.25) is 10.1 Å². The predicted octanol–water partition coefficient (Wildman–Crippen LogP) is 2.51. The summed E-state index contributed by atoms with van der Waals surface area (Å²) >= 11 is 0. The maximum absolute atomic E-state index is 12.0. The number of rotatable bonds is 3. The van der Waals surface area contributed by atoms with E-state index in [0.29, 0.717) is 19.1 Å². The number of nitrogens with zero attached hydrogens (tertiary/aromatic N) is 1. The molecule has 4 rings (SSSR count). The van der Waals surface area contributed by atoms with Crippen LogP contribution < -0.4 is 4.74 Å². The first kappa shape index (κ1) is 15.3. The van der Waals surface area contributed by atoms with Gasteiger partial charge >= 0.3 is 6.16 Å². The van der Waals surface area contributed by atoms with Crippen molar-refractivity contribution in [2.24, 2.45) is 17.8 Å². The summed E-state index contributed by atoms with van der Waals surface area (Å²) in [5.41, 5.74) is -0.0624. The number of ether oxygens (including phenoxy) is 4. The lowest BCUT2D eigenvalue weighted by molar-refractivity contribution is -0.384. The average molecular weight is 335 g/mol. The smallest absolute Gasteiger partial charge is 0.430 e. The third kappa shape index (κ3) is 2.71. The van der Waals surface area contributed by atoms with Crippen molar-refractivity contribution in [1.29, 1.82) is 0 Å². The summed E-state index contributed by atoms with van der Waals surface area (Å²) in [7, 11) is 0.